The van der Waals surface area contributed by atoms with E-state index in [1.807, 2.05) is 4.90 Å². The van der Waals surface area contributed by atoms with E-state index >= 15 is 0 Å². The molecule has 2 aliphatic rings. The summed E-state index contributed by atoms with van der Waals surface area (Å²) in [6.45, 7) is 5.55. The second-order valence-corrected chi connectivity index (χ2v) is 10.9. The molecule has 0 aromatic heterocycles. The second kappa shape index (κ2) is 10.8. The summed E-state index contributed by atoms with van der Waals surface area (Å²) in [4.78, 5) is 26.9. The van der Waals surface area contributed by atoms with E-state index in [-0.39, 0.29) is 23.3 Å². The molecule has 8 nitrogen and oxygen atoms in total. The van der Waals surface area contributed by atoms with Gasteiger partial charge < -0.3 is 10.1 Å². The molecule has 0 spiro atoms. The highest BCUT2D eigenvalue weighted by Crippen LogP contribution is 2.26. The van der Waals surface area contributed by atoms with Crippen LogP contribution >= 0.6 is 11.8 Å². The first-order valence-electron chi connectivity index (χ1n) is 10.7. The summed E-state index contributed by atoms with van der Waals surface area (Å²) in [5.74, 6) is 0.833. The van der Waals surface area contributed by atoms with Gasteiger partial charge in [0.15, 0.2) is 0 Å². The average Bonchev–Trinajstić information content (AvgIpc) is 2.76. The lowest BCUT2D eigenvalue weighted by Crippen LogP contribution is -2.50. The van der Waals surface area contributed by atoms with Gasteiger partial charge in [-0.25, -0.2) is 8.42 Å². The Morgan fingerprint density at radius 1 is 1.19 bits per heavy atom. The van der Waals surface area contributed by atoms with Gasteiger partial charge in [-0.05, 0) is 44.4 Å². The van der Waals surface area contributed by atoms with E-state index in [0.29, 0.717) is 43.2 Å². The highest BCUT2D eigenvalue weighted by molar-refractivity contribution is 7.99. The molecule has 2 aliphatic heterocycles. The summed E-state index contributed by atoms with van der Waals surface area (Å²) < 4.78 is 32.9. The number of thioether (sulfide) groups is 1. The fraction of sp³-hybridized carbons (Fsp3) is 0.619. The van der Waals surface area contributed by atoms with Crippen LogP contribution in [0.5, 0.6) is 0 Å². The highest BCUT2D eigenvalue weighted by Gasteiger charge is 2.32. The maximum absolute atomic E-state index is 13.1. The minimum Gasteiger partial charge on any atom is -0.465 e. The van der Waals surface area contributed by atoms with E-state index in [9.17, 15) is 18.0 Å². The number of hydrogen-bond donors (Lipinski definition) is 1. The monoisotopic (exact) mass is 469 g/mol. The summed E-state index contributed by atoms with van der Waals surface area (Å²) in [7, 11) is -3.60. The van der Waals surface area contributed by atoms with Gasteiger partial charge in [0.05, 0.1) is 18.0 Å². The van der Waals surface area contributed by atoms with Crippen LogP contribution in [0, 0.1) is 6.92 Å². The Labute approximate surface area is 188 Å². The van der Waals surface area contributed by atoms with Crippen LogP contribution in [0.4, 0.5) is 5.69 Å². The Bertz CT molecular complexity index is 900. The molecule has 2 saturated heterocycles. The van der Waals surface area contributed by atoms with E-state index in [2.05, 4.69) is 5.32 Å². The maximum atomic E-state index is 13.1. The molecule has 0 radical (unpaired) electrons. The molecule has 0 saturated carbocycles. The summed E-state index contributed by atoms with van der Waals surface area (Å²) in [5.41, 5.74) is 1.09. The zero-order valence-corrected chi connectivity index (χ0v) is 19.8. The number of esters is 1. The van der Waals surface area contributed by atoms with Crippen molar-refractivity contribution in [2.45, 2.75) is 44.0 Å². The minimum atomic E-state index is -3.60. The number of piperidine rings is 1. The van der Waals surface area contributed by atoms with Crippen molar-refractivity contribution in [1.29, 1.82) is 0 Å². The number of ether oxygens (including phenoxy) is 1. The summed E-state index contributed by atoms with van der Waals surface area (Å²) in [6.07, 6.45) is 2.78. The minimum absolute atomic E-state index is 0.0477. The Hall–Kier alpha value is -1.62. The molecular formula is C21H31N3O5S2. The van der Waals surface area contributed by atoms with Crippen LogP contribution < -0.4 is 5.32 Å². The first-order valence-corrected chi connectivity index (χ1v) is 13.3. The third-order valence-electron chi connectivity index (χ3n) is 5.55. The fourth-order valence-electron chi connectivity index (χ4n) is 3.87. The van der Waals surface area contributed by atoms with Crippen molar-refractivity contribution in [1.82, 2.24) is 9.21 Å². The molecule has 1 atom stereocenters. The molecule has 3 rings (SSSR count). The third kappa shape index (κ3) is 6.00. The average molecular weight is 470 g/mol. The molecule has 0 unspecified atom stereocenters. The predicted octanol–water partition coefficient (Wildman–Crippen LogP) is 2.09. The summed E-state index contributed by atoms with van der Waals surface area (Å²) >= 11 is 1.67. The topological polar surface area (TPSA) is 96.0 Å². The zero-order chi connectivity index (χ0) is 22.4. The smallest absolute Gasteiger partial charge is 0.324 e. The van der Waals surface area contributed by atoms with Crippen LogP contribution in [-0.2, 0) is 24.3 Å². The summed E-state index contributed by atoms with van der Waals surface area (Å²) in [5, 5.41) is 2.80. The van der Waals surface area contributed by atoms with Crippen LogP contribution in [0.1, 0.15) is 31.7 Å². The number of carbonyl (C=O) groups is 2. The van der Waals surface area contributed by atoms with Crippen molar-refractivity contribution in [2.75, 3.05) is 49.6 Å². The number of hydrogen-bond acceptors (Lipinski definition) is 7. The van der Waals surface area contributed by atoms with Gasteiger partial charge in [-0.2, -0.15) is 16.1 Å². The van der Waals surface area contributed by atoms with Crippen LogP contribution in [0.2, 0.25) is 0 Å². The Balaban J connectivity index is 1.70. The van der Waals surface area contributed by atoms with Crippen LogP contribution in [0.3, 0.4) is 0 Å². The number of sulfonamides is 1. The Kier molecular flexibility index (Phi) is 8.37. The predicted molar refractivity (Wildman–Crippen MR) is 122 cm³/mol. The van der Waals surface area contributed by atoms with Gasteiger partial charge in [0.25, 0.3) is 0 Å². The van der Waals surface area contributed by atoms with Gasteiger partial charge in [0.2, 0.25) is 15.9 Å². The molecule has 1 aromatic rings. The molecule has 10 heteroatoms. The van der Waals surface area contributed by atoms with E-state index in [4.69, 9.17) is 4.74 Å². The fourth-order valence-corrected chi connectivity index (χ4v) is 6.74. The number of anilines is 1. The number of nitrogens with one attached hydrogen (secondary N) is 1. The lowest BCUT2D eigenvalue weighted by atomic mass is 10.2. The maximum Gasteiger partial charge on any atom is 0.324 e. The molecule has 31 heavy (non-hydrogen) atoms. The van der Waals surface area contributed by atoms with E-state index in [0.717, 1.165) is 25.0 Å². The van der Waals surface area contributed by atoms with Gasteiger partial charge in [-0.1, -0.05) is 12.5 Å². The second-order valence-electron chi connectivity index (χ2n) is 7.81. The quantitative estimate of drug-likeness (QED) is 0.611. The first kappa shape index (κ1) is 24.0. The molecule has 0 aliphatic carbocycles. The van der Waals surface area contributed by atoms with Gasteiger partial charge >= 0.3 is 5.97 Å². The molecule has 172 valence electrons. The van der Waals surface area contributed by atoms with E-state index in [1.165, 1.54) is 10.4 Å². The van der Waals surface area contributed by atoms with E-state index in [1.54, 1.807) is 37.7 Å². The number of nitrogens with zero attached hydrogens (tertiary/aromatic N) is 2. The van der Waals surface area contributed by atoms with Crippen molar-refractivity contribution < 1.29 is 22.7 Å². The van der Waals surface area contributed by atoms with Crippen LogP contribution in [-0.4, -0.2) is 79.8 Å². The molecule has 2 fully saturated rings. The number of benzene rings is 1. The Morgan fingerprint density at radius 3 is 2.65 bits per heavy atom. The Morgan fingerprint density at radius 2 is 1.94 bits per heavy atom. The largest absolute Gasteiger partial charge is 0.465 e. The third-order valence-corrected chi connectivity index (χ3v) is 8.61. The van der Waals surface area contributed by atoms with Gasteiger partial charge in [-0.15, -0.1) is 0 Å². The van der Waals surface area contributed by atoms with Gasteiger partial charge in [-0.3, -0.25) is 14.5 Å². The lowest BCUT2D eigenvalue weighted by Gasteiger charge is -2.32. The van der Waals surface area contributed by atoms with Gasteiger partial charge in [0.1, 0.15) is 6.04 Å². The number of carbonyl (C=O) groups excluding carboxylic acids is 2. The van der Waals surface area contributed by atoms with Crippen molar-refractivity contribution in [2.24, 2.45) is 0 Å². The number of amides is 1. The standard InChI is InChI=1S/C21H31N3O5S2/c1-3-29-21(26)18-15-30-12-11-23(18)14-20(25)22-17-8-7-16(2)19(13-17)31(27,28)24-9-5-4-6-10-24/h7-8,13,18H,3-6,9-12,14-15H2,1-2H3,(H,22,25)/t18-/m0/s1. The molecular weight excluding hydrogens is 438 g/mol. The molecule has 0 bridgehead atoms. The van der Waals surface area contributed by atoms with Crippen molar-refractivity contribution in [3.05, 3.63) is 23.8 Å². The molecule has 2 heterocycles. The SMILES string of the molecule is CCOC(=O)[C@@H]1CSCCN1CC(=O)Nc1ccc(C)c(S(=O)(=O)N2CCCCC2)c1. The van der Waals surface area contributed by atoms with Gasteiger partial charge in [0, 0.05) is 36.8 Å². The number of aryl methyl sites for hydroxylation is 1. The first-order chi connectivity index (χ1) is 14.8. The molecule has 1 N–H and O–H groups in total. The zero-order valence-electron chi connectivity index (χ0n) is 18.1. The lowest BCUT2D eigenvalue weighted by molar-refractivity contribution is -0.148. The highest BCUT2D eigenvalue weighted by atomic mass is 32.2. The molecule has 1 aromatic carbocycles. The van der Waals surface area contributed by atoms with Crippen LogP contribution in [0.15, 0.2) is 23.1 Å². The van der Waals surface area contributed by atoms with Crippen molar-refractivity contribution in [3.63, 3.8) is 0 Å². The van der Waals surface area contributed by atoms with Crippen molar-refractivity contribution >= 4 is 39.3 Å². The van der Waals surface area contributed by atoms with Crippen LogP contribution in [0.25, 0.3) is 0 Å². The van der Waals surface area contributed by atoms with E-state index < -0.39 is 16.1 Å². The summed E-state index contributed by atoms with van der Waals surface area (Å²) in [6, 6.07) is 4.51. The normalized spacial score (nSPS) is 20.9. The van der Waals surface area contributed by atoms with Crippen molar-refractivity contribution in [3.8, 4) is 0 Å². The number of rotatable bonds is 7. The molecule has 1 amide bonds.